The van der Waals surface area contributed by atoms with Gasteiger partial charge in [0.25, 0.3) is 5.91 Å². The van der Waals surface area contributed by atoms with Crippen LogP contribution in [0.2, 0.25) is 0 Å². The van der Waals surface area contributed by atoms with Gasteiger partial charge in [-0.1, -0.05) is 17.7 Å². The molecule has 1 aromatic heterocycles. The van der Waals surface area contributed by atoms with Gasteiger partial charge in [-0.15, -0.1) is 0 Å². The van der Waals surface area contributed by atoms with E-state index in [1.54, 1.807) is 6.92 Å². The smallest absolute Gasteiger partial charge is 0.324 e. The molecule has 2 aromatic carbocycles. The van der Waals surface area contributed by atoms with Crippen LogP contribution in [0.3, 0.4) is 0 Å². The average molecular weight is 386 g/mol. The van der Waals surface area contributed by atoms with Crippen molar-refractivity contribution in [3.8, 4) is 0 Å². The van der Waals surface area contributed by atoms with Crippen LogP contribution in [0.15, 0.2) is 54.6 Å². The van der Waals surface area contributed by atoms with E-state index in [2.05, 4.69) is 20.6 Å². The minimum Gasteiger partial charge on any atom is -0.324 e. The fraction of sp³-hybridized carbons (Fsp3) is 0.150. The predicted molar refractivity (Wildman–Crippen MR) is 101 cm³/mol. The van der Waals surface area contributed by atoms with Crippen molar-refractivity contribution in [2.45, 2.75) is 20.0 Å². The van der Waals surface area contributed by atoms with Crippen molar-refractivity contribution in [2.75, 3.05) is 10.6 Å². The van der Waals surface area contributed by atoms with Crippen molar-refractivity contribution in [1.82, 2.24) is 9.97 Å². The molecule has 3 rings (SSSR count). The molecule has 0 unspecified atom stereocenters. The summed E-state index contributed by atoms with van der Waals surface area (Å²) in [7, 11) is 0. The molecule has 28 heavy (non-hydrogen) atoms. The van der Waals surface area contributed by atoms with Gasteiger partial charge in [0.15, 0.2) is 0 Å². The van der Waals surface area contributed by atoms with Gasteiger partial charge in [0.05, 0.1) is 5.56 Å². The standard InChI is InChI=1S/C20H17F3N4O/c1-12-3-7-16(8-4-12)26-19-24-13(2)11-17(27-19)18(28)25-15-9-5-14(6-10-15)20(21,22)23/h3-11H,1-2H3,(H,25,28)(H,24,26,27). The number of halogens is 3. The number of benzene rings is 2. The molecule has 5 nitrogen and oxygen atoms in total. The number of amides is 1. The quantitative estimate of drug-likeness (QED) is 0.654. The third-order valence-corrected chi connectivity index (χ3v) is 3.86. The molecule has 0 saturated heterocycles. The number of aromatic nitrogens is 2. The van der Waals surface area contributed by atoms with Crippen LogP contribution >= 0.6 is 0 Å². The molecule has 0 aliphatic carbocycles. The van der Waals surface area contributed by atoms with Gasteiger partial charge in [-0.2, -0.15) is 13.2 Å². The van der Waals surface area contributed by atoms with Gasteiger partial charge in [0, 0.05) is 17.1 Å². The van der Waals surface area contributed by atoms with Crippen LogP contribution in [0.1, 0.15) is 27.3 Å². The highest BCUT2D eigenvalue weighted by Gasteiger charge is 2.30. The Morgan fingerprint density at radius 3 is 2.11 bits per heavy atom. The lowest BCUT2D eigenvalue weighted by Gasteiger charge is -2.10. The molecule has 144 valence electrons. The van der Waals surface area contributed by atoms with Crippen LogP contribution in [-0.4, -0.2) is 15.9 Å². The summed E-state index contributed by atoms with van der Waals surface area (Å²) in [5.74, 6) is -0.293. The molecular formula is C20H17F3N4O. The van der Waals surface area contributed by atoms with Crippen LogP contribution in [0.25, 0.3) is 0 Å². The maximum atomic E-state index is 12.6. The Morgan fingerprint density at radius 1 is 0.893 bits per heavy atom. The highest BCUT2D eigenvalue weighted by Crippen LogP contribution is 2.29. The van der Waals surface area contributed by atoms with Crippen molar-refractivity contribution in [3.05, 3.63) is 77.1 Å². The van der Waals surface area contributed by atoms with Crippen molar-refractivity contribution in [3.63, 3.8) is 0 Å². The van der Waals surface area contributed by atoms with Crippen molar-refractivity contribution < 1.29 is 18.0 Å². The molecule has 0 bridgehead atoms. The van der Waals surface area contributed by atoms with Gasteiger partial charge in [0.2, 0.25) is 5.95 Å². The second kappa shape index (κ2) is 7.67. The fourth-order valence-corrected chi connectivity index (χ4v) is 2.44. The molecule has 8 heteroatoms. The Kier molecular flexibility index (Phi) is 5.30. The molecular weight excluding hydrogens is 369 g/mol. The first-order chi connectivity index (χ1) is 13.2. The number of anilines is 3. The number of hydrogen-bond acceptors (Lipinski definition) is 4. The number of hydrogen-bond donors (Lipinski definition) is 2. The normalized spacial score (nSPS) is 11.2. The van der Waals surface area contributed by atoms with Gasteiger partial charge in [-0.25, -0.2) is 9.97 Å². The molecule has 0 atom stereocenters. The Hall–Kier alpha value is -3.42. The summed E-state index contributed by atoms with van der Waals surface area (Å²) >= 11 is 0. The fourth-order valence-electron chi connectivity index (χ4n) is 2.44. The van der Waals surface area contributed by atoms with E-state index in [0.29, 0.717) is 5.69 Å². The highest BCUT2D eigenvalue weighted by molar-refractivity contribution is 6.03. The minimum atomic E-state index is -4.43. The average Bonchev–Trinajstić information content (AvgIpc) is 2.63. The minimum absolute atomic E-state index is 0.0991. The number of carbonyl (C=O) groups excluding carboxylic acids is 1. The zero-order valence-corrected chi connectivity index (χ0v) is 15.1. The maximum absolute atomic E-state index is 12.6. The van der Waals surface area contributed by atoms with E-state index in [9.17, 15) is 18.0 Å². The monoisotopic (exact) mass is 386 g/mol. The number of carbonyl (C=O) groups is 1. The first kappa shape index (κ1) is 19.3. The van der Waals surface area contributed by atoms with Gasteiger partial charge >= 0.3 is 6.18 Å². The van der Waals surface area contributed by atoms with Crippen molar-refractivity contribution >= 4 is 23.2 Å². The Bertz CT molecular complexity index is 984. The molecule has 0 aliphatic rings. The van der Waals surface area contributed by atoms with E-state index >= 15 is 0 Å². The van der Waals surface area contributed by atoms with Gasteiger partial charge in [-0.05, 0) is 56.3 Å². The molecule has 1 heterocycles. The second-order valence-corrected chi connectivity index (χ2v) is 6.24. The SMILES string of the molecule is Cc1ccc(Nc2nc(C)cc(C(=O)Nc3ccc(C(F)(F)F)cc3)n2)cc1. The first-order valence-electron chi connectivity index (χ1n) is 8.39. The van der Waals surface area contributed by atoms with Crippen LogP contribution in [0, 0.1) is 13.8 Å². The lowest BCUT2D eigenvalue weighted by Crippen LogP contribution is -2.15. The van der Waals surface area contributed by atoms with Crippen LogP contribution in [0.4, 0.5) is 30.5 Å². The zero-order chi connectivity index (χ0) is 20.3. The Labute approximate surface area is 159 Å². The van der Waals surface area contributed by atoms with Crippen molar-refractivity contribution in [1.29, 1.82) is 0 Å². The van der Waals surface area contributed by atoms with E-state index in [-0.39, 0.29) is 17.3 Å². The zero-order valence-electron chi connectivity index (χ0n) is 15.1. The summed E-state index contributed by atoms with van der Waals surface area (Å²) in [4.78, 5) is 20.9. The van der Waals surface area contributed by atoms with Crippen molar-refractivity contribution in [2.24, 2.45) is 0 Å². The largest absolute Gasteiger partial charge is 0.416 e. The molecule has 0 aliphatic heterocycles. The molecule has 0 fully saturated rings. The summed E-state index contributed by atoms with van der Waals surface area (Å²) in [5, 5.41) is 5.57. The highest BCUT2D eigenvalue weighted by atomic mass is 19.4. The van der Waals surface area contributed by atoms with E-state index in [1.807, 2.05) is 31.2 Å². The molecule has 0 spiro atoms. The summed E-state index contributed by atoms with van der Waals surface area (Å²) in [5.41, 5.74) is 2.00. The van der Waals surface area contributed by atoms with Gasteiger partial charge < -0.3 is 10.6 Å². The molecule has 3 aromatic rings. The lowest BCUT2D eigenvalue weighted by molar-refractivity contribution is -0.137. The third kappa shape index (κ3) is 4.85. The summed E-state index contributed by atoms with van der Waals surface area (Å²) < 4.78 is 37.9. The van der Waals surface area contributed by atoms with E-state index < -0.39 is 17.6 Å². The summed E-state index contributed by atoms with van der Waals surface area (Å²) in [6.07, 6.45) is -4.43. The van der Waals surface area contributed by atoms with Gasteiger partial charge in [0.1, 0.15) is 5.69 Å². The van der Waals surface area contributed by atoms with Crippen LogP contribution in [0.5, 0.6) is 0 Å². The van der Waals surface area contributed by atoms with E-state index in [4.69, 9.17) is 0 Å². The van der Waals surface area contributed by atoms with Crippen LogP contribution in [-0.2, 0) is 6.18 Å². The Balaban J connectivity index is 1.76. The van der Waals surface area contributed by atoms with E-state index in [1.165, 1.54) is 18.2 Å². The predicted octanol–water partition coefficient (Wildman–Crippen LogP) is 5.11. The van der Waals surface area contributed by atoms with E-state index in [0.717, 1.165) is 23.4 Å². The lowest BCUT2D eigenvalue weighted by atomic mass is 10.2. The van der Waals surface area contributed by atoms with Crippen LogP contribution < -0.4 is 10.6 Å². The maximum Gasteiger partial charge on any atom is 0.416 e. The molecule has 2 N–H and O–H groups in total. The Morgan fingerprint density at radius 2 is 1.50 bits per heavy atom. The topological polar surface area (TPSA) is 66.9 Å². The number of nitrogens with one attached hydrogen (secondary N) is 2. The second-order valence-electron chi connectivity index (χ2n) is 6.24. The number of aryl methyl sites for hydroxylation is 2. The number of rotatable bonds is 4. The van der Waals surface area contributed by atoms with Gasteiger partial charge in [-0.3, -0.25) is 4.79 Å². The third-order valence-electron chi connectivity index (χ3n) is 3.86. The first-order valence-corrected chi connectivity index (χ1v) is 8.39. The molecule has 0 saturated carbocycles. The molecule has 0 radical (unpaired) electrons. The number of nitrogens with zero attached hydrogens (tertiary/aromatic N) is 2. The number of alkyl halides is 3. The summed E-state index contributed by atoms with van der Waals surface area (Å²) in [6, 6.07) is 13.3. The molecule has 1 amide bonds. The summed E-state index contributed by atoms with van der Waals surface area (Å²) in [6.45, 7) is 3.69.